The van der Waals surface area contributed by atoms with E-state index in [1.807, 2.05) is 67.8 Å². The Hall–Kier alpha value is -3.78. The molecule has 4 aromatic rings. The summed E-state index contributed by atoms with van der Waals surface area (Å²) in [5.74, 6) is 0.631. The first-order valence-electron chi connectivity index (χ1n) is 10.00. The molecule has 0 aliphatic rings. The third-order valence-electron chi connectivity index (χ3n) is 4.98. The van der Waals surface area contributed by atoms with Gasteiger partial charge in [-0.05, 0) is 61.2 Å². The average Bonchev–Trinajstić information content (AvgIpc) is 3.36. The molecule has 2 aromatic carbocycles. The number of pyridine rings is 1. The molecule has 32 heavy (non-hydrogen) atoms. The molecular weight excluding hydrogens is 422 g/mol. The van der Waals surface area contributed by atoms with Crippen LogP contribution in [-0.4, -0.2) is 27.3 Å². The van der Waals surface area contributed by atoms with Gasteiger partial charge in [-0.1, -0.05) is 12.1 Å². The summed E-state index contributed by atoms with van der Waals surface area (Å²) in [5, 5.41) is 9.69. The summed E-state index contributed by atoms with van der Waals surface area (Å²) in [6.07, 6.45) is 6.86. The zero-order valence-electron chi connectivity index (χ0n) is 17.7. The number of ether oxygens (including phenoxy) is 1. The van der Waals surface area contributed by atoms with Crippen molar-refractivity contribution in [3.63, 3.8) is 0 Å². The first-order valence-corrected chi connectivity index (χ1v) is 11.2. The highest BCUT2D eigenvalue weighted by atomic mass is 32.2. The van der Waals surface area contributed by atoms with Crippen molar-refractivity contribution < 1.29 is 9.53 Å². The number of amides is 1. The number of benzene rings is 2. The van der Waals surface area contributed by atoms with Crippen LogP contribution in [0.5, 0.6) is 5.75 Å². The number of H-pyrrole nitrogens is 1. The molecule has 0 unspecified atom stereocenters. The van der Waals surface area contributed by atoms with Gasteiger partial charge in [0.2, 0.25) is 0 Å². The quantitative estimate of drug-likeness (QED) is 0.339. The average molecular weight is 446 g/mol. The lowest BCUT2D eigenvalue weighted by molar-refractivity contribution is 0.102. The van der Waals surface area contributed by atoms with Gasteiger partial charge in [0.25, 0.3) is 5.91 Å². The second-order valence-corrected chi connectivity index (χ2v) is 8.04. The maximum Gasteiger partial charge on any atom is 0.255 e. The number of carbonyl (C=O) groups is 1. The van der Waals surface area contributed by atoms with Crippen LogP contribution in [0, 0.1) is 0 Å². The van der Waals surface area contributed by atoms with E-state index in [9.17, 15) is 4.79 Å². The van der Waals surface area contributed by atoms with Gasteiger partial charge in [-0.15, -0.1) is 11.8 Å². The molecule has 4 rings (SSSR count). The first kappa shape index (κ1) is 21.5. The molecule has 4 N–H and O–H groups in total. The third kappa shape index (κ3) is 4.92. The Morgan fingerprint density at radius 2 is 1.94 bits per heavy atom. The van der Waals surface area contributed by atoms with E-state index in [1.54, 1.807) is 30.4 Å². The highest BCUT2D eigenvalue weighted by Crippen LogP contribution is 2.31. The molecule has 2 aromatic heterocycles. The van der Waals surface area contributed by atoms with E-state index in [1.165, 1.54) is 0 Å². The predicted octanol–water partition coefficient (Wildman–Crippen LogP) is 5.17. The van der Waals surface area contributed by atoms with Crippen LogP contribution in [0.3, 0.4) is 0 Å². The highest BCUT2D eigenvalue weighted by Gasteiger charge is 2.14. The van der Waals surface area contributed by atoms with Crippen molar-refractivity contribution in [2.45, 2.75) is 17.9 Å². The van der Waals surface area contributed by atoms with Crippen molar-refractivity contribution in [1.29, 1.82) is 0 Å². The fraction of sp³-hybridized carbons (Fsp3) is 0.125. The van der Waals surface area contributed by atoms with Crippen molar-refractivity contribution in [2.24, 2.45) is 0 Å². The smallest absolute Gasteiger partial charge is 0.255 e. The Balaban J connectivity index is 1.48. The van der Waals surface area contributed by atoms with Gasteiger partial charge in [-0.3, -0.25) is 9.89 Å². The number of hydrogen-bond acceptors (Lipinski definition) is 6. The molecule has 0 fully saturated rings. The molecule has 0 saturated carbocycles. The Bertz CT molecular complexity index is 1210. The van der Waals surface area contributed by atoms with Crippen molar-refractivity contribution in [3.8, 4) is 16.9 Å². The minimum atomic E-state index is -0.309. The fourth-order valence-corrected chi connectivity index (χ4v) is 3.60. The van der Waals surface area contributed by atoms with Crippen molar-refractivity contribution in [3.05, 3.63) is 84.3 Å². The summed E-state index contributed by atoms with van der Waals surface area (Å²) < 4.78 is 6.11. The Morgan fingerprint density at radius 1 is 1.12 bits per heavy atom. The molecule has 0 bridgehead atoms. The fourth-order valence-electron chi connectivity index (χ4n) is 3.19. The van der Waals surface area contributed by atoms with Crippen molar-refractivity contribution in [1.82, 2.24) is 15.2 Å². The molecule has 2 heterocycles. The number of aromatic nitrogens is 3. The van der Waals surface area contributed by atoms with Crippen LogP contribution in [0.15, 0.2) is 78.1 Å². The normalized spacial score (nSPS) is 11.7. The molecule has 1 atom stereocenters. The van der Waals surface area contributed by atoms with E-state index in [0.29, 0.717) is 22.8 Å². The number of nitrogen functional groups attached to an aromatic ring is 1. The van der Waals surface area contributed by atoms with E-state index in [2.05, 4.69) is 20.5 Å². The third-order valence-corrected chi connectivity index (χ3v) is 5.73. The minimum Gasteiger partial charge on any atom is -0.482 e. The number of nitrogens with two attached hydrogens (primary N) is 1. The van der Waals surface area contributed by atoms with Crippen LogP contribution in [0.1, 0.15) is 28.9 Å². The van der Waals surface area contributed by atoms with E-state index in [4.69, 9.17) is 10.5 Å². The molecule has 0 aliphatic heterocycles. The van der Waals surface area contributed by atoms with Crippen LogP contribution in [-0.2, 0) is 0 Å². The van der Waals surface area contributed by atoms with Crippen LogP contribution in [0.4, 0.5) is 11.5 Å². The number of aromatic amines is 1. The summed E-state index contributed by atoms with van der Waals surface area (Å²) in [4.78, 5) is 17.9. The van der Waals surface area contributed by atoms with Crippen LogP contribution in [0.2, 0.25) is 0 Å². The van der Waals surface area contributed by atoms with E-state index in [0.717, 1.165) is 21.6 Å². The van der Waals surface area contributed by atoms with E-state index >= 15 is 0 Å². The van der Waals surface area contributed by atoms with Gasteiger partial charge >= 0.3 is 0 Å². The summed E-state index contributed by atoms with van der Waals surface area (Å²) in [6, 6.07) is 16.9. The second kappa shape index (κ2) is 9.57. The van der Waals surface area contributed by atoms with E-state index < -0.39 is 0 Å². The molecular formula is C24H23N5O2S. The number of rotatable bonds is 7. The van der Waals surface area contributed by atoms with Gasteiger partial charge < -0.3 is 15.8 Å². The topological polar surface area (TPSA) is 106 Å². The second-order valence-electron chi connectivity index (χ2n) is 7.16. The molecule has 0 saturated heterocycles. The monoisotopic (exact) mass is 445 g/mol. The number of anilines is 2. The Morgan fingerprint density at radius 3 is 2.66 bits per heavy atom. The molecule has 8 heteroatoms. The summed E-state index contributed by atoms with van der Waals surface area (Å²) in [7, 11) is 0. The Kier molecular flexibility index (Phi) is 6.42. The zero-order valence-corrected chi connectivity index (χ0v) is 18.5. The SMILES string of the molecule is CSc1ccc(C(=O)Nc2cccc([C@@H](C)Oc3cc(-c4cn[nH]c4)cnc3N)c2)cc1. The number of nitrogens with one attached hydrogen (secondary N) is 2. The minimum absolute atomic E-state index is 0.162. The lowest BCUT2D eigenvalue weighted by Gasteiger charge is -2.17. The summed E-state index contributed by atoms with van der Waals surface area (Å²) in [6.45, 7) is 1.92. The van der Waals surface area contributed by atoms with Gasteiger partial charge in [0.05, 0.1) is 6.20 Å². The summed E-state index contributed by atoms with van der Waals surface area (Å²) in [5.41, 5.74) is 9.97. The number of nitrogens with zero attached hydrogens (tertiary/aromatic N) is 2. The first-order chi connectivity index (χ1) is 15.5. The standard InChI is InChI=1S/C24H23N5O2S/c1-15(31-22-11-18(12-26-23(22)25)19-13-27-28-14-19)17-4-3-5-20(10-17)29-24(30)16-6-8-21(32-2)9-7-16/h3-15H,1-2H3,(H2,25,26)(H,27,28)(H,29,30)/t15-/m1/s1. The molecule has 0 spiro atoms. The molecule has 162 valence electrons. The molecule has 0 radical (unpaired) electrons. The van der Waals surface area contributed by atoms with Crippen LogP contribution in [0.25, 0.3) is 11.1 Å². The Labute approximate surface area is 190 Å². The predicted molar refractivity (Wildman–Crippen MR) is 128 cm³/mol. The maximum atomic E-state index is 12.6. The maximum absolute atomic E-state index is 12.6. The molecule has 0 aliphatic carbocycles. The van der Waals surface area contributed by atoms with Gasteiger partial charge in [0.1, 0.15) is 6.10 Å². The van der Waals surface area contributed by atoms with E-state index in [-0.39, 0.29) is 12.0 Å². The lowest BCUT2D eigenvalue weighted by Crippen LogP contribution is -2.12. The van der Waals surface area contributed by atoms with Gasteiger partial charge in [0, 0.05) is 39.7 Å². The summed E-state index contributed by atoms with van der Waals surface area (Å²) >= 11 is 1.64. The zero-order chi connectivity index (χ0) is 22.5. The van der Waals surface area contributed by atoms with Gasteiger partial charge in [0.15, 0.2) is 11.6 Å². The number of hydrogen-bond donors (Lipinski definition) is 3. The van der Waals surface area contributed by atoms with Crippen LogP contribution >= 0.6 is 11.8 Å². The highest BCUT2D eigenvalue weighted by molar-refractivity contribution is 7.98. The molecule has 1 amide bonds. The van der Waals surface area contributed by atoms with Crippen molar-refractivity contribution in [2.75, 3.05) is 17.3 Å². The van der Waals surface area contributed by atoms with Crippen molar-refractivity contribution >= 4 is 29.2 Å². The van der Waals surface area contributed by atoms with Gasteiger partial charge in [-0.2, -0.15) is 5.10 Å². The number of thioether (sulfide) groups is 1. The number of carbonyl (C=O) groups excluding carboxylic acids is 1. The van der Waals surface area contributed by atoms with Crippen LogP contribution < -0.4 is 15.8 Å². The van der Waals surface area contributed by atoms with Gasteiger partial charge in [-0.25, -0.2) is 4.98 Å². The lowest BCUT2D eigenvalue weighted by atomic mass is 10.1. The molecule has 7 nitrogen and oxygen atoms in total. The largest absolute Gasteiger partial charge is 0.482 e.